The van der Waals surface area contributed by atoms with Crippen LogP contribution in [0.2, 0.25) is 15.1 Å². The molecule has 0 saturated carbocycles. The van der Waals surface area contributed by atoms with Crippen molar-refractivity contribution in [1.29, 1.82) is 0 Å². The van der Waals surface area contributed by atoms with E-state index in [9.17, 15) is 9.59 Å². The van der Waals surface area contributed by atoms with Crippen LogP contribution in [0, 0.1) is 20.8 Å². The van der Waals surface area contributed by atoms with Crippen LogP contribution in [-0.4, -0.2) is 18.8 Å². The molecule has 11 aromatic rings. The average molecular weight is 682 g/mol. The van der Waals surface area contributed by atoms with Crippen LogP contribution < -0.4 is 11.1 Å². The van der Waals surface area contributed by atoms with E-state index in [1.54, 1.807) is 20.9 Å². The van der Waals surface area contributed by atoms with Crippen molar-refractivity contribution in [2.75, 3.05) is 0 Å². The molecule has 0 saturated heterocycles. The molecule has 0 N–H and O–H groups in total. The lowest BCUT2D eigenvalue weighted by molar-refractivity contribution is 1.19. The molecule has 0 aliphatic heterocycles. The Balaban J connectivity index is 1.46. The Hall–Kier alpha value is -5.01. The number of halogens is 3. The van der Waals surface area contributed by atoms with Crippen LogP contribution in [-0.2, 0) is 0 Å². The molecule has 0 aliphatic rings. The first-order chi connectivity index (χ1) is 23.1. The predicted octanol–water partition coefficient (Wildman–Crippen LogP) is 10.1. The minimum atomic E-state index is -0.203. The Morgan fingerprint density at radius 1 is 0.479 bits per heavy atom. The van der Waals surface area contributed by atoms with Gasteiger partial charge in [-0.1, -0.05) is 46.9 Å². The molecule has 0 spiro atoms. The average Bonchev–Trinajstić information content (AvgIpc) is 3.62. The molecule has 4 aromatic heterocycles. The number of nitrogens with zero attached hydrogens (tertiary/aromatic N) is 4. The van der Waals surface area contributed by atoms with Crippen molar-refractivity contribution < 1.29 is 0 Å². The normalized spacial score (nSPS) is 13.0. The third kappa shape index (κ3) is 2.95. The summed E-state index contributed by atoms with van der Waals surface area (Å²) in [5, 5.41) is 9.89. The lowest BCUT2D eigenvalue weighted by Crippen LogP contribution is -2.14. The first-order valence-electron chi connectivity index (χ1n) is 15.5. The first-order valence-corrected chi connectivity index (χ1v) is 16.6. The van der Waals surface area contributed by atoms with Gasteiger partial charge in [0.05, 0.1) is 32.8 Å². The molecule has 0 bridgehead atoms. The molecule has 0 radical (unpaired) electrons. The molecule has 0 aliphatic carbocycles. The highest BCUT2D eigenvalue weighted by Crippen LogP contribution is 2.52. The maximum atomic E-state index is 14.4. The smallest absolute Gasteiger partial charge is 0.264 e. The first kappa shape index (κ1) is 27.0. The summed E-state index contributed by atoms with van der Waals surface area (Å²) in [6.45, 7) is 6.02. The minimum absolute atomic E-state index is 0.193. The molecular formula is C39H19Cl3N4O2. The molecular weight excluding hydrogens is 663 g/mol. The van der Waals surface area contributed by atoms with E-state index in [0.29, 0.717) is 47.9 Å². The number of hydrogen-bond acceptors (Lipinski definition) is 4. The number of aromatic nitrogens is 4. The molecule has 9 heteroatoms. The molecule has 11 rings (SSSR count). The van der Waals surface area contributed by atoms with Gasteiger partial charge in [-0.2, -0.15) is 0 Å². The van der Waals surface area contributed by atoms with Crippen molar-refractivity contribution in [2.45, 2.75) is 20.8 Å². The number of imidazole rings is 2. The van der Waals surface area contributed by atoms with Gasteiger partial charge < -0.3 is 0 Å². The third-order valence-corrected chi connectivity index (χ3v) is 11.2. The standard InChI is InChI=1S/C39H19Cl3N4O2/c1-14-4-6-24-26(8-14)45-36(43-24)17-10-16(3)28-31-22(41)12-20-30-18(37-44-25-7-5-15(2)9-27(25)46(37)39(20)48)11-21(40)33(35(30)31)32-23(42)13-19(38(45)47)29(17)34(28)32/h4-13H,1-3H3. The van der Waals surface area contributed by atoms with Crippen molar-refractivity contribution >= 4 is 133 Å². The quantitative estimate of drug-likeness (QED) is 0.118. The fourth-order valence-electron chi connectivity index (χ4n) is 8.44. The second kappa shape index (κ2) is 8.52. The van der Waals surface area contributed by atoms with Crippen molar-refractivity contribution in [3.05, 3.63) is 113 Å². The van der Waals surface area contributed by atoms with E-state index in [4.69, 9.17) is 44.8 Å². The van der Waals surface area contributed by atoms with E-state index in [0.717, 1.165) is 81.8 Å². The molecule has 7 aromatic carbocycles. The minimum Gasteiger partial charge on any atom is -0.268 e. The van der Waals surface area contributed by atoms with Crippen molar-refractivity contribution in [3.63, 3.8) is 0 Å². The van der Waals surface area contributed by atoms with Crippen LogP contribution in [0.1, 0.15) is 16.7 Å². The summed E-state index contributed by atoms with van der Waals surface area (Å²) in [7, 11) is 0. The summed E-state index contributed by atoms with van der Waals surface area (Å²) in [6, 6.07) is 19.3. The van der Waals surface area contributed by atoms with Crippen LogP contribution in [0.25, 0.3) is 98.0 Å². The molecule has 6 nitrogen and oxygen atoms in total. The van der Waals surface area contributed by atoms with Crippen LogP contribution in [0.15, 0.2) is 70.3 Å². The fraction of sp³-hybridized carbons (Fsp3) is 0.0769. The van der Waals surface area contributed by atoms with Crippen LogP contribution in [0.3, 0.4) is 0 Å². The molecule has 0 unspecified atom stereocenters. The van der Waals surface area contributed by atoms with E-state index in [2.05, 4.69) is 6.07 Å². The number of fused-ring (bicyclic) bond motifs is 10. The SMILES string of the molecule is Cc1ccc2nc3c4cc(C)c5c6c(Cl)cc7c(=O)n8c9cc(C)ccc9nc8c8cc(Cl)c(c9c(Cl)cc(c(=O)n3c2c1)c4c59)c6c78. The van der Waals surface area contributed by atoms with E-state index in [1.165, 1.54) is 0 Å². The summed E-state index contributed by atoms with van der Waals surface area (Å²) in [5.41, 5.74) is 6.67. The summed E-state index contributed by atoms with van der Waals surface area (Å²) in [5.74, 6) is 0. The number of aryl methyl sites for hydroxylation is 3. The number of pyridine rings is 2. The second-order valence-corrected chi connectivity index (χ2v) is 14.3. The Bertz CT molecular complexity index is 3210. The maximum absolute atomic E-state index is 14.4. The van der Waals surface area contributed by atoms with Gasteiger partial charge in [-0.3, -0.25) is 18.4 Å². The molecule has 4 heterocycles. The predicted molar refractivity (Wildman–Crippen MR) is 199 cm³/mol. The van der Waals surface area contributed by atoms with Crippen molar-refractivity contribution in [2.24, 2.45) is 0 Å². The van der Waals surface area contributed by atoms with Crippen LogP contribution in [0.5, 0.6) is 0 Å². The lowest BCUT2D eigenvalue weighted by atomic mass is 9.84. The van der Waals surface area contributed by atoms with E-state index < -0.39 is 0 Å². The van der Waals surface area contributed by atoms with Gasteiger partial charge >= 0.3 is 0 Å². The van der Waals surface area contributed by atoms with Gasteiger partial charge in [0.25, 0.3) is 11.1 Å². The molecule has 0 fully saturated rings. The number of benzene rings is 7. The number of hydrogen-bond donors (Lipinski definition) is 0. The van der Waals surface area contributed by atoms with Gasteiger partial charge in [0.2, 0.25) is 0 Å². The van der Waals surface area contributed by atoms with Crippen LogP contribution in [0.4, 0.5) is 0 Å². The second-order valence-electron chi connectivity index (χ2n) is 13.1. The highest BCUT2D eigenvalue weighted by Gasteiger charge is 2.28. The Morgan fingerprint density at radius 2 is 0.896 bits per heavy atom. The van der Waals surface area contributed by atoms with Gasteiger partial charge in [0.1, 0.15) is 11.3 Å². The molecule has 0 atom stereocenters. The summed E-state index contributed by atoms with van der Waals surface area (Å²) in [4.78, 5) is 38.6. The Kier molecular flexibility index (Phi) is 4.79. The van der Waals surface area contributed by atoms with E-state index >= 15 is 0 Å². The number of rotatable bonds is 0. The third-order valence-electron chi connectivity index (χ3n) is 10.3. The van der Waals surface area contributed by atoms with Gasteiger partial charge in [-0.15, -0.1) is 0 Å². The van der Waals surface area contributed by atoms with Gasteiger partial charge in [-0.05, 0) is 91.4 Å². The lowest BCUT2D eigenvalue weighted by Gasteiger charge is -2.22. The summed E-state index contributed by atoms with van der Waals surface area (Å²) >= 11 is 21.8. The molecule has 228 valence electrons. The Labute approximate surface area is 284 Å². The van der Waals surface area contributed by atoms with Crippen molar-refractivity contribution in [3.8, 4) is 0 Å². The largest absolute Gasteiger partial charge is 0.268 e. The molecule has 48 heavy (non-hydrogen) atoms. The maximum Gasteiger partial charge on any atom is 0.264 e. The monoisotopic (exact) mass is 680 g/mol. The van der Waals surface area contributed by atoms with E-state index in [-0.39, 0.29) is 11.1 Å². The van der Waals surface area contributed by atoms with Gasteiger partial charge in [0.15, 0.2) is 0 Å². The van der Waals surface area contributed by atoms with E-state index in [1.807, 2.05) is 63.2 Å². The van der Waals surface area contributed by atoms with Gasteiger partial charge in [-0.25, -0.2) is 9.97 Å². The van der Waals surface area contributed by atoms with Crippen molar-refractivity contribution in [1.82, 2.24) is 18.8 Å². The zero-order valence-electron chi connectivity index (χ0n) is 25.5. The topological polar surface area (TPSA) is 68.7 Å². The highest BCUT2D eigenvalue weighted by molar-refractivity contribution is 6.54. The summed E-state index contributed by atoms with van der Waals surface area (Å²) in [6.07, 6.45) is 0. The zero-order valence-corrected chi connectivity index (χ0v) is 27.8. The highest BCUT2D eigenvalue weighted by atomic mass is 35.5. The van der Waals surface area contributed by atoms with Gasteiger partial charge in [0, 0.05) is 63.5 Å². The molecule has 0 amide bonds. The zero-order chi connectivity index (χ0) is 32.7. The summed E-state index contributed by atoms with van der Waals surface area (Å²) < 4.78 is 3.35. The van der Waals surface area contributed by atoms with Crippen LogP contribution >= 0.6 is 34.8 Å². The fourth-order valence-corrected chi connectivity index (χ4v) is 9.33. The Morgan fingerprint density at radius 3 is 1.40 bits per heavy atom.